The molecule has 0 aromatic heterocycles. The quantitative estimate of drug-likeness (QED) is 0.855. The molecule has 3 nitrogen and oxygen atoms in total. The molecule has 1 aliphatic rings. The maximum atomic E-state index is 6.02. The van der Waals surface area contributed by atoms with E-state index in [0.717, 1.165) is 12.8 Å². The average Bonchev–Trinajstić information content (AvgIpc) is 2.64. The third-order valence-corrected chi connectivity index (χ3v) is 4.07. The van der Waals surface area contributed by atoms with E-state index < -0.39 is 0 Å². The average molecular weight is 261 g/mol. The van der Waals surface area contributed by atoms with Crippen molar-refractivity contribution in [2.24, 2.45) is 5.73 Å². The van der Waals surface area contributed by atoms with Crippen molar-refractivity contribution in [2.45, 2.75) is 38.1 Å². The van der Waals surface area contributed by atoms with E-state index in [-0.39, 0.29) is 0 Å². The van der Waals surface area contributed by atoms with Crippen LogP contribution >= 0.6 is 0 Å². The second-order valence-electron chi connectivity index (χ2n) is 5.54. The highest BCUT2D eigenvalue weighted by Crippen LogP contribution is 2.17. The summed E-state index contributed by atoms with van der Waals surface area (Å²) in [5.74, 6) is 0. The molecule has 1 unspecified atom stereocenters. The highest BCUT2D eigenvalue weighted by molar-refractivity contribution is 5.50. The maximum Gasteiger partial charge on any atom is 0.0370 e. The fourth-order valence-electron chi connectivity index (χ4n) is 2.88. The zero-order valence-corrected chi connectivity index (χ0v) is 12.1. The number of benzene rings is 1. The van der Waals surface area contributed by atoms with E-state index in [2.05, 4.69) is 34.5 Å². The van der Waals surface area contributed by atoms with Crippen molar-refractivity contribution in [2.75, 3.05) is 32.0 Å². The minimum absolute atomic E-state index is 0.426. The Kier molecular flexibility index (Phi) is 5.67. The summed E-state index contributed by atoms with van der Waals surface area (Å²) in [6.45, 7) is 3.60. The van der Waals surface area contributed by atoms with Crippen molar-refractivity contribution in [3.63, 3.8) is 0 Å². The van der Waals surface area contributed by atoms with E-state index in [0.29, 0.717) is 6.04 Å². The molecule has 0 radical (unpaired) electrons. The molecule has 1 fully saturated rings. The van der Waals surface area contributed by atoms with E-state index in [1.807, 2.05) is 7.05 Å². The van der Waals surface area contributed by atoms with Gasteiger partial charge < -0.3 is 16.0 Å². The van der Waals surface area contributed by atoms with Gasteiger partial charge in [0, 0.05) is 18.8 Å². The Balaban J connectivity index is 1.76. The van der Waals surface area contributed by atoms with Crippen molar-refractivity contribution < 1.29 is 0 Å². The Morgan fingerprint density at radius 2 is 2.11 bits per heavy atom. The van der Waals surface area contributed by atoms with Crippen LogP contribution in [0.2, 0.25) is 0 Å². The van der Waals surface area contributed by atoms with Crippen molar-refractivity contribution in [1.82, 2.24) is 4.90 Å². The highest BCUT2D eigenvalue weighted by atomic mass is 15.1. The Labute approximate surface area is 117 Å². The van der Waals surface area contributed by atoms with E-state index in [9.17, 15) is 0 Å². The Morgan fingerprint density at radius 3 is 2.95 bits per heavy atom. The molecule has 0 spiro atoms. The number of nitrogens with one attached hydrogen (secondary N) is 1. The molecule has 1 aromatic carbocycles. The molecule has 19 heavy (non-hydrogen) atoms. The minimum Gasteiger partial charge on any atom is -0.388 e. The van der Waals surface area contributed by atoms with Crippen LogP contribution in [0.5, 0.6) is 0 Å². The lowest BCUT2D eigenvalue weighted by molar-refractivity contribution is 0.280. The first-order valence-corrected chi connectivity index (χ1v) is 7.53. The van der Waals surface area contributed by atoms with Gasteiger partial charge in [-0.15, -0.1) is 0 Å². The zero-order chi connectivity index (χ0) is 13.5. The van der Waals surface area contributed by atoms with Gasteiger partial charge in [-0.2, -0.15) is 0 Å². The highest BCUT2D eigenvalue weighted by Gasteiger charge is 2.13. The number of nitrogens with zero attached hydrogens (tertiary/aromatic N) is 1. The van der Waals surface area contributed by atoms with Gasteiger partial charge in [0.2, 0.25) is 0 Å². The molecular weight excluding hydrogens is 234 g/mol. The van der Waals surface area contributed by atoms with Crippen LogP contribution in [-0.2, 0) is 6.42 Å². The third-order valence-electron chi connectivity index (χ3n) is 4.07. The van der Waals surface area contributed by atoms with Crippen LogP contribution in [0.15, 0.2) is 24.3 Å². The van der Waals surface area contributed by atoms with Gasteiger partial charge in [-0.1, -0.05) is 18.2 Å². The van der Waals surface area contributed by atoms with E-state index >= 15 is 0 Å². The lowest BCUT2D eigenvalue weighted by atomic mass is 10.1. The first-order chi connectivity index (χ1) is 9.29. The van der Waals surface area contributed by atoms with Crippen molar-refractivity contribution >= 4 is 5.69 Å². The summed E-state index contributed by atoms with van der Waals surface area (Å²) in [6, 6.07) is 9.02. The van der Waals surface area contributed by atoms with Gasteiger partial charge in [-0.05, 0) is 63.4 Å². The number of para-hydroxylation sites is 1. The number of hydrogen-bond donors (Lipinski definition) is 2. The summed E-state index contributed by atoms with van der Waals surface area (Å²) >= 11 is 0. The molecule has 1 aromatic rings. The number of hydrogen-bond acceptors (Lipinski definition) is 3. The lowest BCUT2D eigenvalue weighted by Crippen LogP contribution is -2.27. The molecule has 0 aliphatic carbocycles. The summed E-state index contributed by atoms with van der Waals surface area (Å²) < 4.78 is 0. The number of likely N-dealkylation sites (tertiary alicyclic amines) is 1. The fraction of sp³-hybridized carbons (Fsp3) is 0.625. The molecule has 0 saturated carbocycles. The SMILES string of the molecule is CNc1ccccc1CCCN1CCCC(N)CC1. The lowest BCUT2D eigenvalue weighted by Gasteiger charge is -2.20. The van der Waals surface area contributed by atoms with Crippen molar-refractivity contribution in [1.29, 1.82) is 0 Å². The minimum atomic E-state index is 0.426. The first-order valence-electron chi connectivity index (χ1n) is 7.53. The Hall–Kier alpha value is -1.06. The summed E-state index contributed by atoms with van der Waals surface area (Å²) in [7, 11) is 2.00. The van der Waals surface area contributed by atoms with Crippen LogP contribution in [0.25, 0.3) is 0 Å². The van der Waals surface area contributed by atoms with Crippen LogP contribution in [0.1, 0.15) is 31.2 Å². The van der Waals surface area contributed by atoms with Gasteiger partial charge in [0.25, 0.3) is 0 Å². The summed E-state index contributed by atoms with van der Waals surface area (Å²) in [4.78, 5) is 2.58. The smallest absolute Gasteiger partial charge is 0.0370 e. The number of anilines is 1. The Bertz CT molecular complexity index is 378. The Morgan fingerprint density at radius 1 is 1.26 bits per heavy atom. The number of nitrogens with two attached hydrogens (primary N) is 1. The van der Waals surface area contributed by atoms with Crippen LogP contribution in [0.3, 0.4) is 0 Å². The van der Waals surface area contributed by atoms with Gasteiger partial charge in [0.1, 0.15) is 0 Å². The van der Waals surface area contributed by atoms with Gasteiger partial charge in [-0.3, -0.25) is 0 Å². The molecule has 0 bridgehead atoms. The van der Waals surface area contributed by atoms with Crippen molar-refractivity contribution in [3.05, 3.63) is 29.8 Å². The van der Waals surface area contributed by atoms with Gasteiger partial charge in [0.05, 0.1) is 0 Å². The second-order valence-corrected chi connectivity index (χ2v) is 5.54. The molecule has 1 saturated heterocycles. The molecule has 1 heterocycles. The van der Waals surface area contributed by atoms with Crippen molar-refractivity contribution in [3.8, 4) is 0 Å². The topological polar surface area (TPSA) is 41.3 Å². The second kappa shape index (κ2) is 7.51. The monoisotopic (exact) mass is 261 g/mol. The molecule has 0 amide bonds. The predicted molar refractivity (Wildman–Crippen MR) is 82.6 cm³/mol. The van der Waals surface area contributed by atoms with Gasteiger partial charge in [0.15, 0.2) is 0 Å². The number of rotatable bonds is 5. The molecule has 3 heteroatoms. The zero-order valence-electron chi connectivity index (χ0n) is 12.1. The normalized spacial score (nSPS) is 21.1. The van der Waals surface area contributed by atoms with E-state index in [1.54, 1.807) is 0 Å². The van der Waals surface area contributed by atoms with Gasteiger partial charge >= 0.3 is 0 Å². The largest absolute Gasteiger partial charge is 0.388 e. The summed E-state index contributed by atoms with van der Waals surface area (Å²) in [5.41, 5.74) is 8.71. The molecule has 1 aliphatic heterocycles. The molecule has 106 valence electrons. The maximum absolute atomic E-state index is 6.02. The molecular formula is C16H27N3. The number of aryl methyl sites for hydroxylation is 1. The van der Waals surface area contributed by atoms with E-state index in [4.69, 9.17) is 5.73 Å². The van der Waals surface area contributed by atoms with Crippen LogP contribution in [0, 0.1) is 0 Å². The van der Waals surface area contributed by atoms with E-state index in [1.165, 1.54) is 50.1 Å². The van der Waals surface area contributed by atoms with Crippen LogP contribution < -0.4 is 11.1 Å². The van der Waals surface area contributed by atoms with Crippen LogP contribution in [0.4, 0.5) is 5.69 Å². The molecule has 1 atom stereocenters. The van der Waals surface area contributed by atoms with Gasteiger partial charge in [-0.25, -0.2) is 0 Å². The summed E-state index contributed by atoms with van der Waals surface area (Å²) in [5, 5.41) is 3.27. The first kappa shape index (κ1) is 14.4. The third kappa shape index (κ3) is 4.51. The van der Waals surface area contributed by atoms with Crippen LogP contribution in [-0.4, -0.2) is 37.6 Å². The molecule has 3 N–H and O–H groups in total. The summed E-state index contributed by atoms with van der Waals surface area (Å²) in [6.07, 6.45) is 5.99. The predicted octanol–water partition coefficient (Wildman–Crippen LogP) is 2.47. The fourth-order valence-corrected chi connectivity index (χ4v) is 2.88. The molecule has 2 rings (SSSR count). The standard InChI is InChI=1S/C16H27N3/c1-18-16-9-3-2-6-14(16)7-4-11-19-12-5-8-15(17)10-13-19/h2-3,6,9,15,18H,4-5,7-8,10-13,17H2,1H3.